The normalized spacial score (nSPS) is 25.5. The first-order chi connectivity index (χ1) is 9.25. The van der Waals surface area contributed by atoms with Crippen LogP contribution in [0.25, 0.3) is 0 Å². The molecule has 0 amide bonds. The van der Waals surface area contributed by atoms with Crippen molar-refractivity contribution in [2.45, 2.75) is 32.2 Å². The summed E-state index contributed by atoms with van der Waals surface area (Å²) in [7, 11) is 0. The van der Waals surface area contributed by atoms with Crippen molar-refractivity contribution in [3.8, 4) is 6.07 Å². The molecular weight excluding hydrogens is 238 g/mol. The summed E-state index contributed by atoms with van der Waals surface area (Å²) in [6.45, 7) is 5.08. The maximum absolute atomic E-state index is 8.97. The molecule has 2 aliphatic heterocycles. The number of rotatable bonds is 1. The summed E-state index contributed by atoms with van der Waals surface area (Å²) < 4.78 is 5.50. The Balaban J connectivity index is 1.85. The average Bonchev–Trinajstić information content (AvgIpc) is 2.77. The van der Waals surface area contributed by atoms with Crippen molar-refractivity contribution in [2.75, 3.05) is 24.7 Å². The van der Waals surface area contributed by atoms with Gasteiger partial charge in [-0.1, -0.05) is 6.07 Å². The van der Waals surface area contributed by atoms with Crippen LogP contribution in [0.5, 0.6) is 0 Å². The highest BCUT2D eigenvalue weighted by molar-refractivity contribution is 5.44. The van der Waals surface area contributed by atoms with Gasteiger partial charge in [-0.15, -0.1) is 0 Å². The molecule has 1 atom stereocenters. The number of ether oxygens (including phenoxy) is 1. The molecule has 0 aliphatic carbocycles. The predicted molar refractivity (Wildman–Crippen MR) is 72.9 cm³/mol. The van der Waals surface area contributed by atoms with Gasteiger partial charge < -0.3 is 9.64 Å². The number of hydrogen-bond donors (Lipinski definition) is 0. The van der Waals surface area contributed by atoms with Crippen molar-refractivity contribution >= 4 is 5.82 Å². The maximum atomic E-state index is 8.97. The second-order valence-corrected chi connectivity index (χ2v) is 5.59. The first-order valence-electron chi connectivity index (χ1n) is 6.97. The molecule has 0 saturated carbocycles. The van der Waals surface area contributed by atoms with Crippen molar-refractivity contribution < 1.29 is 4.74 Å². The summed E-state index contributed by atoms with van der Waals surface area (Å²) in [5, 5.41) is 8.97. The number of aromatic nitrogens is 1. The molecule has 1 spiro atoms. The van der Waals surface area contributed by atoms with E-state index in [-0.39, 0.29) is 0 Å². The van der Waals surface area contributed by atoms with Crippen LogP contribution in [-0.4, -0.2) is 30.8 Å². The number of pyridine rings is 1. The molecule has 0 bridgehead atoms. The monoisotopic (exact) mass is 257 g/mol. The zero-order valence-corrected chi connectivity index (χ0v) is 11.3. The Labute approximate surface area is 114 Å². The van der Waals surface area contributed by atoms with Gasteiger partial charge in [0.05, 0.1) is 0 Å². The zero-order chi connectivity index (χ0) is 13.3. The second-order valence-electron chi connectivity index (χ2n) is 5.59. The fraction of sp³-hybridized carbons (Fsp3) is 0.600. The molecule has 3 rings (SSSR count). The molecule has 4 heteroatoms. The highest BCUT2D eigenvalue weighted by atomic mass is 16.5. The third-order valence-electron chi connectivity index (χ3n) is 4.84. The van der Waals surface area contributed by atoms with Gasteiger partial charge in [-0.2, -0.15) is 5.26 Å². The molecule has 2 fully saturated rings. The molecule has 19 heavy (non-hydrogen) atoms. The van der Waals surface area contributed by atoms with Gasteiger partial charge in [0, 0.05) is 25.8 Å². The summed E-state index contributed by atoms with van der Waals surface area (Å²) in [5.41, 5.74) is 0.875. The Bertz CT molecular complexity index is 502. The molecular formula is C15H19N3O. The first kappa shape index (κ1) is 12.4. The van der Waals surface area contributed by atoms with Gasteiger partial charge >= 0.3 is 0 Å². The lowest BCUT2D eigenvalue weighted by atomic mass is 9.74. The fourth-order valence-corrected chi connectivity index (χ4v) is 3.48. The summed E-state index contributed by atoms with van der Waals surface area (Å²) >= 11 is 0. The minimum atomic E-state index is 0.378. The maximum Gasteiger partial charge on any atom is 0.142 e. The van der Waals surface area contributed by atoms with Gasteiger partial charge in [0.15, 0.2) is 0 Å². The van der Waals surface area contributed by atoms with Gasteiger partial charge in [-0.3, -0.25) is 0 Å². The molecule has 2 aliphatic rings. The van der Waals surface area contributed by atoms with E-state index >= 15 is 0 Å². The van der Waals surface area contributed by atoms with Crippen LogP contribution in [0, 0.1) is 16.7 Å². The first-order valence-corrected chi connectivity index (χ1v) is 6.97. The van der Waals surface area contributed by atoms with Crippen molar-refractivity contribution in [2.24, 2.45) is 5.41 Å². The van der Waals surface area contributed by atoms with Crippen LogP contribution in [0.1, 0.15) is 31.9 Å². The Hall–Kier alpha value is -1.60. The molecule has 0 N–H and O–H groups in total. The highest BCUT2D eigenvalue weighted by Gasteiger charge is 2.45. The molecule has 1 aromatic heterocycles. The zero-order valence-electron chi connectivity index (χ0n) is 11.3. The molecule has 0 radical (unpaired) electrons. The van der Waals surface area contributed by atoms with Crippen LogP contribution in [-0.2, 0) is 4.74 Å². The lowest BCUT2D eigenvalue weighted by Gasteiger charge is -2.39. The third-order valence-corrected chi connectivity index (χ3v) is 4.84. The minimum Gasteiger partial charge on any atom is -0.381 e. The van der Waals surface area contributed by atoms with Crippen LogP contribution in [0.4, 0.5) is 5.82 Å². The van der Waals surface area contributed by atoms with Gasteiger partial charge in [0.1, 0.15) is 17.6 Å². The largest absolute Gasteiger partial charge is 0.381 e. The number of anilines is 1. The van der Waals surface area contributed by atoms with E-state index in [4.69, 9.17) is 10.00 Å². The van der Waals surface area contributed by atoms with Gasteiger partial charge in [0.2, 0.25) is 0 Å². The predicted octanol–water partition coefficient (Wildman–Crippen LogP) is 2.35. The molecule has 4 nitrogen and oxygen atoms in total. The van der Waals surface area contributed by atoms with E-state index in [1.54, 1.807) is 6.07 Å². The van der Waals surface area contributed by atoms with E-state index in [2.05, 4.69) is 22.9 Å². The number of hydrogen-bond acceptors (Lipinski definition) is 4. The lowest BCUT2D eigenvalue weighted by molar-refractivity contribution is 0.0128. The van der Waals surface area contributed by atoms with E-state index < -0.39 is 0 Å². The third kappa shape index (κ3) is 2.08. The SMILES string of the molecule is CC1N(c2cccc(C#N)n2)CCC12CCOCC2. The topological polar surface area (TPSA) is 49.2 Å². The van der Waals surface area contributed by atoms with Crippen LogP contribution in [0.15, 0.2) is 18.2 Å². The molecule has 0 aromatic carbocycles. The van der Waals surface area contributed by atoms with E-state index in [1.807, 2.05) is 12.1 Å². The van der Waals surface area contributed by atoms with E-state index in [1.165, 1.54) is 6.42 Å². The highest BCUT2D eigenvalue weighted by Crippen LogP contribution is 2.45. The summed E-state index contributed by atoms with van der Waals surface area (Å²) in [4.78, 5) is 6.79. The Kier molecular flexibility index (Phi) is 3.16. The molecule has 1 aromatic rings. The number of nitrogens with zero attached hydrogens (tertiary/aromatic N) is 3. The van der Waals surface area contributed by atoms with E-state index in [0.29, 0.717) is 17.2 Å². The van der Waals surface area contributed by atoms with Crippen LogP contribution >= 0.6 is 0 Å². The van der Waals surface area contributed by atoms with Crippen molar-refractivity contribution in [1.82, 2.24) is 4.98 Å². The van der Waals surface area contributed by atoms with Crippen molar-refractivity contribution in [3.63, 3.8) is 0 Å². The Morgan fingerprint density at radius 3 is 2.89 bits per heavy atom. The van der Waals surface area contributed by atoms with Gasteiger partial charge in [0.25, 0.3) is 0 Å². The fourth-order valence-electron chi connectivity index (χ4n) is 3.48. The molecule has 3 heterocycles. The minimum absolute atomic E-state index is 0.378. The van der Waals surface area contributed by atoms with E-state index in [0.717, 1.165) is 38.4 Å². The molecule has 1 unspecified atom stereocenters. The Morgan fingerprint density at radius 2 is 2.16 bits per heavy atom. The summed E-state index contributed by atoms with van der Waals surface area (Å²) in [6, 6.07) is 8.28. The van der Waals surface area contributed by atoms with Crippen LogP contribution < -0.4 is 4.90 Å². The van der Waals surface area contributed by atoms with Crippen LogP contribution in [0.2, 0.25) is 0 Å². The molecule has 2 saturated heterocycles. The smallest absolute Gasteiger partial charge is 0.142 e. The molecule has 100 valence electrons. The van der Waals surface area contributed by atoms with Gasteiger partial charge in [-0.25, -0.2) is 4.98 Å². The Morgan fingerprint density at radius 1 is 1.37 bits per heavy atom. The lowest BCUT2D eigenvalue weighted by Crippen LogP contribution is -2.41. The number of nitriles is 1. The van der Waals surface area contributed by atoms with E-state index in [9.17, 15) is 0 Å². The van der Waals surface area contributed by atoms with Crippen molar-refractivity contribution in [3.05, 3.63) is 23.9 Å². The average molecular weight is 257 g/mol. The van der Waals surface area contributed by atoms with Crippen molar-refractivity contribution in [1.29, 1.82) is 5.26 Å². The van der Waals surface area contributed by atoms with Gasteiger partial charge in [-0.05, 0) is 43.7 Å². The summed E-state index contributed by atoms with van der Waals surface area (Å²) in [6.07, 6.45) is 3.49. The standard InChI is InChI=1S/C15H19N3O/c1-12-15(6-9-19-10-7-15)5-8-18(12)14-4-2-3-13(11-16)17-14/h2-4,12H,5-10H2,1H3. The summed E-state index contributed by atoms with van der Waals surface area (Å²) in [5.74, 6) is 0.940. The second kappa shape index (κ2) is 4.82. The quantitative estimate of drug-likeness (QED) is 0.775. The van der Waals surface area contributed by atoms with Crippen LogP contribution in [0.3, 0.4) is 0 Å².